The molecule has 0 bridgehead atoms. The van der Waals surface area contributed by atoms with E-state index in [0.717, 1.165) is 30.4 Å². The number of furan rings is 1. The largest absolute Gasteiger partial charge is 0.507 e. The molecular weight excluding hydrogens is 566 g/mol. The van der Waals surface area contributed by atoms with Crippen LogP contribution in [-0.2, 0) is 9.59 Å². The van der Waals surface area contributed by atoms with Crippen LogP contribution in [0, 0.1) is 18.3 Å². The number of hydrogen-bond acceptors (Lipinski definition) is 9. The molecular formula is C32H33N5O7. The van der Waals surface area contributed by atoms with E-state index in [1.54, 1.807) is 23.1 Å². The van der Waals surface area contributed by atoms with E-state index in [-0.39, 0.29) is 29.7 Å². The van der Waals surface area contributed by atoms with E-state index in [0.29, 0.717) is 55.9 Å². The molecule has 0 unspecified atom stereocenters. The third kappa shape index (κ3) is 6.52. The molecule has 44 heavy (non-hydrogen) atoms. The average molecular weight is 600 g/mol. The van der Waals surface area contributed by atoms with E-state index in [2.05, 4.69) is 10.6 Å². The zero-order valence-corrected chi connectivity index (χ0v) is 24.3. The fraction of sp³-hybridized carbons (Fsp3) is 0.344. The van der Waals surface area contributed by atoms with Gasteiger partial charge in [-0.1, -0.05) is 0 Å². The number of fused-ring (bicyclic) bond motifs is 1. The molecule has 0 radical (unpaired) electrons. The Labute approximate surface area is 253 Å². The molecule has 12 nitrogen and oxygen atoms in total. The van der Waals surface area contributed by atoms with Gasteiger partial charge in [-0.25, -0.2) is 4.79 Å². The van der Waals surface area contributed by atoms with E-state index in [9.17, 15) is 34.7 Å². The Morgan fingerprint density at radius 1 is 1.05 bits per heavy atom. The number of allylic oxidation sites excluding steroid dienone is 1. The predicted octanol–water partition coefficient (Wildman–Crippen LogP) is 3.77. The Balaban J connectivity index is 1.50. The van der Waals surface area contributed by atoms with Crippen LogP contribution in [0.15, 0.2) is 58.3 Å². The number of aromatic hydroxyl groups is 1. The number of anilines is 1. The standard InChI is InChI=1S/C32H33N5O7/c1-19-14-21-15-22(8-10-27(21)44-19)34-30(24(17-33)29(40)20-7-9-26(38)23(16-20)32(42)43)35-25-6-2-3-13-37(31(25)41)18-28(39)36-11-4-5-12-36/h7-10,14-16,25,34-35,38H,2-6,11-13,18H2,1H3,(H,42,43)/b30-24-/t25-/m0/s1. The van der Waals surface area contributed by atoms with Gasteiger partial charge in [-0.3, -0.25) is 14.4 Å². The molecule has 2 amide bonds. The quantitative estimate of drug-likeness (QED) is 0.161. The highest BCUT2D eigenvalue weighted by atomic mass is 16.4. The number of nitriles is 1. The lowest BCUT2D eigenvalue weighted by Gasteiger charge is -2.28. The van der Waals surface area contributed by atoms with E-state index in [1.807, 2.05) is 19.1 Å². The number of likely N-dealkylation sites (tertiary alicyclic amines) is 2. The molecule has 2 aromatic carbocycles. The molecule has 2 fully saturated rings. The lowest BCUT2D eigenvalue weighted by atomic mass is 10.0. The van der Waals surface area contributed by atoms with Gasteiger partial charge in [0.1, 0.15) is 46.2 Å². The number of phenols is 1. The van der Waals surface area contributed by atoms with Crippen molar-refractivity contribution in [3.63, 3.8) is 0 Å². The predicted molar refractivity (Wildman–Crippen MR) is 160 cm³/mol. The first-order chi connectivity index (χ1) is 21.1. The topological polar surface area (TPSA) is 176 Å². The summed E-state index contributed by atoms with van der Waals surface area (Å²) in [5.74, 6) is -2.55. The Morgan fingerprint density at radius 3 is 2.52 bits per heavy atom. The zero-order chi connectivity index (χ0) is 31.4. The van der Waals surface area contributed by atoms with Gasteiger partial charge in [-0.05, 0) is 81.5 Å². The van der Waals surface area contributed by atoms with Gasteiger partial charge in [-0.15, -0.1) is 0 Å². The van der Waals surface area contributed by atoms with Gasteiger partial charge in [-0.2, -0.15) is 5.26 Å². The maximum Gasteiger partial charge on any atom is 0.339 e. The van der Waals surface area contributed by atoms with Crippen molar-refractivity contribution in [2.24, 2.45) is 0 Å². The number of carbonyl (C=O) groups is 4. The number of benzene rings is 2. The Morgan fingerprint density at radius 2 is 1.80 bits per heavy atom. The number of ketones is 1. The summed E-state index contributed by atoms with van der Waals surface area (Å²) < 4.78 is 5.65. The number of nitrogens with one attached hydrogen (secondary N) is 2. The fourth-order valence-corrected chi connectivity index (χ4v) is 5.58. The molecule has 1 aromatic heterocycles. The van der Waals surface area contributed by atoms with E-state index in [4.69, 9.17) is 4.42 Å². The summed E-state index contributed by atoms with van der Waals surface area (Å²) in [6, 6.07) is 11.4. The molecule has 5 rings (SSSR count). The number of carboxylic acid groups (broad SMARTS) is 1. The molecule has 2 aliphatic rings. The molecule has 0 aliphatic carbocycles. The van der Waals surface area contributed by atoms with Crippen molar-refractivity contribution in [1.82, 2.24) is 15.1 Å². The second kappa shape index (κ2) is 12.9. The number of carbonyl (C=O) groups excluding carboxylic acids is 3. The summed E-state index contributed by atoms with van der Waals surface area (Å²) in [6.07, 6.45) is 3.63. The van der Waals surface area contributed by atoms with Gasteiger partial charge in [0.2, 0.25) is 17.6 Å². The van der Waals surface area contributed by atoms with Crippen molar-refractivity contribution in [3.05, 3.63) is 70.7 Å². The Bertz CT molecular complexity index is 1700. The smallest absolute Gasteiger partial charge is 0.339 e. The number of carboxylic acids is 1. The number of hydrogen-bond donors (Lipinski definition) is 4. The Hall–Kier alpha value is -5.31. The lowest BCUT2D eigenvalue weighted by Crippen LogP contribution is -2.49. The SMILES string of the molecule is Cc1cc2cc(N/C(N[C@H]3CCCCN(CC(=O)N4CCCC4)C3=O)=C(\C#N)C(=O)c3ccc(O)c(C(=O)O)c3)ccc2o1. The van der Waals surface area contributed by atoms with Gasteiger partial charge < -0.3 is 35.1 Å². The molecule has 1 atom stereocenters. The lowest BCUT2D eigenvalue weighted by molar-refractivity contribution is -0.140. The van der Waals surface area contributed by atoms with Gasteiger partial charge in [0, 0.05) is 36.3 Å². The summed E-state index contributed by atoms with van der Waals surface area (Å²) >= 11 is 0. The summed E-state index contributed by atoms with van der Waals surface area (Å²) in [5, 5.41) is 36.6. The summed E-state index contributed by atoms with van der Waals surface area (Å²) in [5.41, 5.74) is 0.121. The van der Waals surface area contributed by atoms with E-state index < -0.39 is 34.7 Å². The van der Waals surface area contributed by atoms with Crippen LogP contribution in [0.3, 0.4) is 0 Å². The fourth-order valence-electron chi connectivity index (χ4n) is 5.58. The molecule has 3 heterocycles. The van der Waals surface area contributed by atoms with Gasteiger partial charge >= 0.3 is 5.97 Å². The van der Waals surface area contributed by atoms with Crippen LogP contribution in [0.4, 0.5) is 5.69 Å². The minimum absolute atomic E-state index is 0.0461. The first-order valence-electron chi connectivity index (χ1n) is 14.5. The molecule has 228 valence electrons. The van der Waals surface area contributed by atoms with Crippen LogP contribution >= 0.6 is 0 Å². The molecule has 2 saturated heterocycles. The number of aromatic carboxylic acids is 1. The van der Waals surface area contributed by atoms with Crippen LogP contribution in [-0.4, -0.2) is 75.8 Å². The van der Waals surface area contributed by atoms with Crippen molar-refractivity contribution in [2.45, 2.75) is 45.1 Å². The number of aryl methyl sites for hydroxylation is 1. The van der Waals surface area contributed by atoms with Gasteiger partial charge in [0.25, 0.3) is 0 Å². The van der Waals surface area contributed by atoms with Crippen molar-refractivity contribution < 1.29 is 33.8 Å². The van der Waals surface area contributed by atoms with Crippen LogP contribution in [0.5, 0.6) is 5.75 Å². The minimum Gasteiger partial charge on any atom is -0.507 e. The van der Waals surface area contributed by atoms with Crippen LogP contribution in [0.2, 0.25) is 0 Å². The van der Waals surface area contributed by atoms with Crippen LogP contribution in [0.1, 0.15) is 58.6 Å². The van der Waals surface area contributed by atoms with Gasteiger partial charge in [0.05, 0.1) is 6.54 Å². The average Bonchev–Trinajstić information content (AvgIpc) is 3.63. The monoisotopic (exact) mass is 599 g/mol. The molecule has 3 aromatic rings. The van der Waals surface area contributed by atoms with Crippen molar-refractivity contribution in [1.29, 1.82) is 5.26 Å². The van der Waals surface area contributed by atoms with Gasteiger partial charge in [0.15, 0.2) is 0 Å². The van der Waals surface area contributed by atoms with Crippen molar-refractivity contribution in [2.75, 3.05) is 31.5 Å². The third-order valence-electron chi connectivity index (χ3n) is 7.87. The van der Waals surface area contributed by atoms with Crippen LogP contribution < -0.4 is 10.6 Å². The maximum atomic E-state index is 13.7. The normalized spacial score (nSPS) is 17.5. The number of rotatable bonds is 9. The molecule has 2 aliphatic heterocycles. The third-order valence-corrected chi connectivity index (χ3v) is 7.87. The second-order valence-corrected chi connectivity index (χ2v) is 11.0. The van der Waals surface area contributed by atoms with Crippen molar-refractivity contribution >= 4 is 40.2 Å². The first kappa shape index (κ1) is 30.2. The highest BCUT2D eigenvalue weighted by molar-refractivity contribution is 6.13. The molecule has 12 heteroatoms. The first-order valence-corrected chi connectivity index (χ1v) is 14.5. The molecule has 4 N–H and O–H groups in total. The maximum absolute atomic E-state index is 13.7. The minimum atomic E-state index is -1.44. The number of nitrogens with zero attached hydrogens (tertiary/aromatic N) is 3. The Kier molecular flexibility index (Phi) is 8.85. The highest BCUT2D eigenvalue weighted by Crippen LogP contribution is 2.26. The van der Waals surface area contributed by atoms with E-state index in [1.165, 1.54) is 11.0 Å². The second-order valence-electron chi connectivity index (χ2n) is 11.0. The molecule has 0 spiro atoms. The summed E-state index contributed by atoms with van der Waals surface area (Å²) in [6.45, 7) is 3.53. The van der Waals surface area contributed by atoms with E-state index >= 15 is 0 Å². The highest BCUT2D eigenvalue weighted by Gasteiger charge is 2.32. The zero-order valence-electron chi connectivity index (χ0n) is 24.3. The molecule has 0 saturated carbocycles. The number of amides is 2. The van der Waals surface area contributed by atoms with Crippen molar-refractivity contribution in [3.8, 4) is 11.8 Å². The summed E-state index contributed by atoms with van der Waals surface area (Å²) in [4.78, 5) is 55.2. The number of Topliss-reactive ketones (excluding diaryl/α,β-unsaturated/α-hetero) is 1. The van der Waals surface area contributed by atoms with Crippen LogP contribution in [0.25, 0.3) is 11.0 Å². The summed E-state index contributed by atoms with van der Waals surface area (Å²) in [7, 11) is 0.